The van der Waals surface area contributed by atoms with Crippen LogP contribution in [0.4, 0.5) is 11.5 Å². The number of nitro groups is 1. The van der Waals surface area contributed by atoms with Crippen molar-refractivity contribution in [3.05, 3.63) is 60.8 Å². The average molecular weight is 362 g/mol. The molecule has 0 saturated carbocycles. The van der Waals surface area contributed by atoms with Crippen molar-refractivity contribution in [3.8, 4) is 5.75 Å². The van der Waals surface area contributed by atoms with Crippen molar-refractivity contribution >= 4 is 17.3 Å². The number of hydrogen-bond donors (Lipinski definition) is 1. The summed E-state index contributed by atoms with van der Waals surface area (Å²) in [6.45, 7) is 1.60. The van der Waals surface area contributed by atoms with Crippen LogP contribution in [0.15, 0.2) is 33.9 Å². The van der Waals surface area contributed by atoms with Gasteiger partial charge in [0, 0.05) is 25.7 Å². The number of benzene rings is 1. The lowest BCUT2D eigenvalue weighted by atomic mass is 10.2. The number of carbonyl (C=O) groups excluding carboxylic acids is 1. The van der Waals surface area contributed by atoms with Crippen molar-refractivity contribution in [2.75, 3.05) is 12.3 Å². The van der Waals surface area contributed by atoms with Gasteiger partial charge >= 0.3 is 5.69 Å². The Morgan fingerprint density at radius 1 is 1.27 bits per heavy atom. The first-order valence-corrected chi connectivity index (χ1v) is 7.77. The molecule has 0 spiro atoms. The van der Waals surface area contributed by atoms with E-state index < -0.39 is 28.6 Å². The molecule has 138 valence electrons. The minimum Gasteiger partial charge on any atom is -0.485 e. The summed E-state index contributed by atoms with van der Waals surface area (Å²) < 4.78 is 7.27. The molecule has 2 rings (SSSR count). The first-order valence-electron chi connectivity index (χ1n) is 7.77. The van der Waals surface area contributed by atoms with Gasteiger partial charge in [-0.2, -0.15) is 0 Å². The second kappa shape index (κ2) is 7.64. The maximum atomic E-state index is 12.4. The molecule has 2 aromatic rings. The van der Waals surface area contributed by atoms with Gasteiger partial charge in [0.25, 0.3) is 11.2 Å². The largest absolute Gasteiger partial charge is 0.485 e. The zero-order valence-corrected chi connectivity index (χ0v) is 14.3. The summed E-state index contributed by atoms with van der Waals surface area (Å²) in [4.78, 5) is 46.8. The van der Waals surface area contributed by atoms with E-state index in [1.807, 2.05) is 6.92 Å². The number of hydrogen-bond acceptors (Lipinski definition) is 7. The van der Waals surface area contributed by atoms with Crippen LogP contribution in [0.2, 0.25) is 0 Å². The fourth-order valence-corrected chi connectivity index (χ4v) is 2.37. The van der Waals surface area contributed by atoms with E-state index >= 15 is 0 Å². The Balaban J connectivity index is 2.28. The standard InChI is InChI=1S/C16H18N4O6/c1-3-8-19-14(17)13(15(22)18(2)16(19)23)12(21)9-26-11-6-4-10(5-7-11)20(24)25/h4-7H,3,8-9,17H2,1-2H3. The second-order valence-electron chi connectivity index (χ2n) is 5.52. The summed E-state index contributed by atoms with van der Waals surface area (Å²) in [5.74, 6) is -0.662. The SMILES string of the molecule is CCCn1c(N)c(C(=O)COc2ccc([N+](=O)[O-])cc2)c(=O)n(C)c1=O. The number of anilines is 1. The van der Waals surface area contributed by atoms with E-state index in [1.165, 1.54) is 35.9 Å². The van der Waals surface area contributed by atoms with E-state index in [4.69, 9.17) is 10.5 Å². The first-order chi connectivity index (χ1) is 12.3. The van der Waals surface area contributed by atoms with Gasteiger partial charge < -0.3 is 10.5 Å². The van der Waals surface area contributed by atoms with Crippen molar-refractivity contribution in [1.82, 2.24) is 9.13 Å². The molecule has 1 aromatic carbocycles. The number of ether oxygens (including phenoxy) is 1. The van der Waals surface area contributed by atoms with Gasteiger partial charge in [0.05, 0.1) is 4.92 Å². The topological polar surface area (TPSA) is 139 Å². The lowest BCUT2D eigenvalue weighted by Gasteiger charge is -2.14. The number of carbonyl (C=O) groups is 1. The van der Waals surface area contributed by atoms with Gasteiger partial charge in [0.15, 0.2) is 6.61 Å². The Kier molecular flexibility index (Phi) is 5.55. The Labute approximate surface area is 147 Å². The van der Waals surface area contributed by atoms with Crippen LogP contribution in [0, 0.1) is 10.1 Å². The average Bonchev–Trinajstić information content (AvgIpc) is 2.62. The number of non-ortho nitro benzene ring substituents is 1. The molecule has 0 bridgehead atoms. The molecule has 1 aromatic heterocycles. The Morgan fingerprint density at radius 2 is 1.88 bits per heavy atom. The van der Waals surface area contributed by atoms with Gasteiger partial charge in [-0.1, -0.05) is 6.92 Å². The molecule has 0 aliphatic rings. The third kappa shape index (κ3) is 3.63. The normalized spacial score (nSPS) is 10.5. The maximum absolute atomic E-state index is 12.4. The van der Waals surface area contributed by atoms with Crippen molar-refractivity contribution < 1.29 is 14.5 Å². The third-order valence-electron chi connectivity index (χ3n) is 3.73. The fraction of sp³-hybridized carbons (Fsp3) is 0.312. The van der Waals surface area contributed by atoms with E-state index in [2.05, 4.69) is 0 Å². The van der Waals surface area contributed by atoms with E-state index in [0.717, 1.165) is 4.57 Å². The predicted molar refractivity (Wildman–Crippen MR) is 93.6 cm³/mol. The minimum absolute atomic E-state index is 0.117. The molecule has 0 aliphatic heterocycles. The molecule has 10 nitrogen and oxygen atoms in total. The highest BCUT2D eigenvalue weighted by atomic mass is 16.6. The van der Waals surface area contributed by atoms with E-state index in [9.17, 15) is 24.5 Å². The van der Waals surface area contributed by atoms with Crippen LogP contribution < -0.4 is 21.7 Å². The molecule has 1 heterocycles. The van der Waals surface area contributed by atoms with Gasteiger partial charge in [0.1, 0.15) is 17.1 Å². The molecule has 0 saturated heterocycles. The molecule has 0 fully saturated rings. The quantitative estimate of drug-likeness (QED) is 0.434. The van der Waals surface area contributed by atoms with Crippen molar-refractivity contribution in [2.24, 2.45) is 7.05 Å². The zero-order chi connectivity index (χ0) is 19.4. The number of ketones is 1. The number of nitrogens with zero attached hydrogens (tertiary/aromatic N) is 3. The van der Waals surface area contributed by atoms with E-state index in [-0.39, 0.29) is 29.4 Å². The van der Waals surface area contributed by atoms with E-state index in [0.29, 0.717) is 6.42 Å². The first kappa shape index (κ1) is 18.9. The Hall–Kier alpha value is -3.43. The molecule has 2 N–H and O–H groups in total. The molecule has 0 amide bonds. The zero-order valence-electron chi connectivity index (χ0n) is 14.3. The lowest BCUT2D eigenvalue weighted by Crippen LogP contribution is -2.43. The third-order valence-corrected chi connectivity index (χ3v) is 3.73. The fourth-order valence-electron chi connectivity index (χ4n) is 2.37. The highest BCUT2D eigenvalue weighted by Crippen LogP contribution is 2.17. The molecule has 0 unspecified atom stereocenters. The van der Waals surface area contributed by atoms with Crippen LogP contribution in [0.1, 0.15) is 23.7 Å². The van der Waals surface area contributed by atoms with Crippen molar-refractivity contribution in [3.63, 3.8) is 0 Å². The van der Waals surface area contributed by atoms with Gasteiger partial charge in [-0.25, -0.2) is 4.79 Å². The molecule has 0 atom stereocenters. The number of Topliss-reactive ketones (excluding diaryl/α,β-unsaturated/α-hetero) is 1. The Bertz CT molecular complexity index is 958. The van der Waals surface area contributed by atoms with Crippen LogP contribution in [0.25, 0.3) is 0 Å². The van der Waals surface area contributed by atoms with Crippen molar-refractivity contribution in [1.29, 1.82) is 0 Å². The minimum atomic E-state index is -0.794. The van der Waals surface area contributed by atoms with Crippen LogP contribution in [-0.4, -0.2) is 26.4 Å². The summed E-state index contributed by atoms with van der Waals surface area (Å²) in [5.41, 5.74) is 4.04. The van der Waals surface area contributed by atoms with Crippen molar-refractivity contribution in [2.45, 2.75) is 19.9 Å². The summed E-state index contributed by atoms with van der Waals surface area (Å²) >= 11 is 0. The number of nitro benzene ring substituents is 1. The Morgan fingerprint density at radius 3 is 2.42 bits per heavy atom. The summed E-state index contributed by atoms with van der Waals surface area (Å²) in [6.07, 6.45) is 0.592. The summed E-state index contributed by atoms with van der Waals surface area (Å²) in [7, 11) is 1.27. The highest BCUT2D eigenvalue weighted by molar-refractivity contribution is 6.00. The molecule has 0 aliphatic carbocycles. The van der Waals surface area contributed by atoms with E-state index in [1.54, 1.807) is 0 Å². The number of rotatable bonds is 7. The van der Waals surface area contributed by atoms with Gasteiger partial charge in [-0.05, 0) is 18.6 Å². The number of nitrogen functional groups attached to an aromatic ring is 1. The number of nitrogens with two attached hydrogens (primary N) is 1. The van der Waals surface area contributed by atoms with Gasteiger partial charge in [-0.15, -0.1) is 0 Å². The van der Waals surface area contributed by atoms with Gasteiger partial charge in [0.2, 0.25) is 5.78 Å². The lowest BCUT2D eigenvalue weighted by molar-refractivity contribution is -0.384. The highest BCUT2D eigenvalue weighted by Gasteiger charge is 2.21. The molecule has 26 heavy (non-hydrogen) atoms. The van der Waals surface area contributed by atoms with Crippen LogP contribution in [0.3, 0.4) is 0 Å². The smallest absolute Gasteiger partial charge is 0.332 e. The van der Waals surface area contributed by atoms with Crippen LogP contribution >= 0.6 is 0 Å². The predicted octanol–water partition coefficient (Wildman–Crippen LogP) is 0.709. The summed E-state index contributed by atoms with van der Waals surface area (Å²) in [5, 5.41) is 10.6. The monoisotopic (exact) mass is 362 g/mol. The molecule has 10 heteroatoms. The van der Waals surface area contributed by atoms with Crippen LogP contribution in [-0.2, 0) is 13.6 Å². The second-order valence-corrected chi connectivity index (χ2v) is 5.52. The molecule has 0 radical (unpaired) electrons. The summed E-state index contributed by atoms with van der Waals surface area (Å²) in [6, 6.07) is 5.14. The molecular weight excluding hydrogens is 344 g/mol. The van der Waals surface area contributed by atoms with Gasteiger partial charge in [-0.3, -0.25) is 28.8 Å². The maximum Gasteiger partial charge on any atom is 0.332 e. The number of aromatic nitrogens is 2. The molecular formula is C16H18N4O6. The van der Waals surface area contributed by atoms with Crippen LogP contribution in [0.5, 0.6) is 5.75 Å².